The molecule has 7 nitrogen and oxygen atoms in total. The second kappa shape index (κ2) is 8.48. The summed E-state index contributed by atoms with van der Waals surface area (Å²) in [6.07, 6.45) is 1.41. The van der Waals surface area contributed by atoms with Crippen LogP contribution in [0.25, 0.3) is 0 Å². The molecule has 1 fully saturated rings. The van der Waals surface area contributed by atoms with Gasteiger partial charge in [-0.15, -0.1) is 0 Å². The number of cyclic esters (lactones) is 2. The molecule has 1 aliphatic rings. The van der Waals surface area contributed by atoms with Gasteiger partial charge in [0.2, 0.25) is 0 Å². The summed E-state index contributed by atoms with van der Waals surface area (Å²) in [5.74, 6) is -1.24. The third kappa shape index (κ3) is 4.95. The van der Waals surface area contributed by atoms with E-state index in [1.165, 1.54) is 0 Å². The number of carbonyl (C=O) groups is 2. The molecular weight excluding hydrogens is 284 g/mol. The fourth-order valence-electron chi connectivity index (χ4n) is 2.02. The van der Waals surface area contributed by atoms with Crippen LogP contribution in [-0.4, -0.2) is 55.3 Å². The highest BCUT2D eigenvalue weighted by Gasteiger charge is 2.37. The van der Waals surface area contributed by atoms with E-state index in [-0.39, 0.29) is 12.3 Å². The van der Waals surface area contributed by atoms with Crippen molar-refractivity contribution < 1.29 is 32.3 Å². The van der Waals surface area contributed by atoms with E-state index in [9.17, 15) is 9.59 Å². The number of ether oxygens (including phenoxy) is 2. The molecular formula is C12H22O7Si. The Kier molecular flexibility index (Phi) is 7.31. The van der Waals surface area contributed by atoms with Gasteiger partial charge in [0.15, 0.2) is 0 Å². The first-order valence-corrected chi connectivity index (χ1v) is 8.48. The van der Waals surface area contributed by atoms with E-state index >= 15 is 0 Å². The van der Waals surface area contributed by atoms with Gasteiger partial charge in [0, 0.05) is 40.6 Å². The molecule has 1 unspecified atom stereocenters. The highest BCUT2D eigenvalue weighted by Crippen LogP contribution is 2.19. The molecule has 1 rings (SSSR count). The summed E-state index contributed by atoms with van der Waals surface area (Å²) < 4.78 is 25.8. The topological polar surface area (TPSA) is 80.3 Å². The van der Waals surface area contributed by atoms with Crippen LogP contribution >= 0.6 is 0 Å². The third-order valence-corrected chi connectivity index (χ3v) is 6.11. The van der Waals surface area contributed by atoms with Crippen molar-refractivity contribution in [1.82, 2.24) is 0 Å². The van der Waals surface area contributed by atoms with Crippen LogP contribution in [0.5, 0.6) is 0 Å². The maximum atomic E-state index is 11.2. The Morgan fingerprint density at radius 2 is 1.80 bits per heavy atom. The van der Waals surface area contributed by atoms with Gasteiger partial charge >= 0.3 is 20.7 Å². The van der Waals surface area contributed by atoms with Gasteiger partial charge in [0.1, 0.15) is 0 Å². The lowest BCUT2D eigenvalue weighted by Crippen LogP contribution is -2.42. The molecule has 1 heterocycles. The molecule has 0 N–H and O–H groups in total. The maximum absolute atomic E-state index is 11.2. The van der Waals surface area contributed by atoms with E-state index in [0.29, 0.717) is 25.7 Å². The van der Waals surface area contributed by atoms with Gasteiger partial charge in [-0.3, -0.25) is 9.59 Å². The molecule has 0 amide bonds. The van der Waals surface area contributed by atoms with Gasteiger partial charge in [0.05, 0.1) is 12.3 Å². The summed E-state index contributed by atoms with van der Waals surface area (Å²) in [6.45, 7) is 0.953. The summed E-state index contributed by atoms with van der Waals surface area (Å²) in [7, 11) is 2.19. The van der Waals surface area contributed by atoms with Crippen LogP contribution in [0.2, 0.25) is 6.04 Å². The monoisotopic (exact) mass is 306 g/mol. The van der Waals surface area contributed by atoms with Crippen molar-refractivity contribution in [2.45, 2.75) is 25.3 Å². The first-order valence-electron chi connectivity index (χ1n) is 6.54. The molecule has 20 heavy (non-hydrogen) atoms. The van der Waals surface area contributed by atoms with Crippen molar-refractivity contribution in [1.29, 1.82) is 0 Å². The molecule has 0 bridgehead atoms. The zero-order valence-corrected chi connectivity index (χ0v) is 13.2. The molecule has 8 heteroatoms. The van der Waals surface area contributed by atoms with Crippen LogP contribution in [0.4, 0.5) is 0 Å². The minimum absolute atomic E-state index is 0.162. The lowest BCUT2D eigenvalue weighted by molar-refractivity contribution is -0.153. The Morgan fingerprint density at radius 1 is 1.15 bits per heavy atom. The number of hydrogen-bond donors (Lipinski definition) is 0. The highest BCUT2D eigenvalue weighted by molar-refractivity contribution is 6.60. The van der Waals surface area contributed by atoms with Crippen molar-refractivity contribution in [3.05, 3.63) is 0 Å². The number of rotatable bonds is 10. The second-order valence-electron chi connectivity index (χ2n) is 4.49. The lowest BCUT2D eigenvalue weighted by Gasteiger charge is -2.24. The second-order valence-corrected chi connectivity index (χ2v) is 7.58. The average Bonchev–Trinajstić information content (AvgIpc) is 2.77. The SMILES string of the molecule is CO[Si](CCCOCCC1CC(=O)OC1=O)(OC)OC. The largest absolute Gasteiger partial charge is 0.500 e. The Morgan fingerprint density at radius 3 is 2.30 bits per heavy atom. The third-order valence-electron chi connectivity index (χ3n) is 3.28. The molecule has 0 aliphatic carbocycles. The smallest absolute Gasteiger partial charge is 0.393 e. The van der Waals surface area contributed by atoms with Gasteiger partial charge in [-0.25, -0.2) is 0 Å². The lowest BCUT2D eigenvalue weighted by atomic mass is 10.1. The highest BCUT2D eigenvalue weighted by atomic mass is 28.4. The van der Waals surface area contributed by atoms with Crippen molar-refractivity contribution in [3.63, 3.8) is 0 Å². The molecule has 1 atom stereocenters. The van der Waals surface area contributed by atoms with Crippen LogP contribution in [-0.2, 0) is 32.3 Å². The van der Waals surface area contributed by atoms with E-state index in [4.69, 9.17) is 18.0 Å². The Balaban J connectivity index is 2.10. The summed E-state index contributed by atoms with van der Waals surface area (Å²) in [6, 6.07) is 0.667. The molecule has 1 saturated heterocycles. The molecule has 0 aromatic rings. The van der Waals surface area contributed by atoms with Crippen LogP contribution in [0, 0.1) is 5.92 Å². The maximum Gasteiger partial charge on any atom is 0.500 e. The van der Waals surface area contributed by atoms with Crippen molar-refractivity contribution in [2.75, 3.05) is 34.5 Å². The summed E-state index contributed by atoms with van der Waals surface area (Å²) >= 11 is 0. The van der Waals surface area contributed by atoms with E-state index in [1.54, 1.807) is 21.3 Å². The predicted molar refractivity (Wildman–Crippen MR) is 70.8 cm³/mol. The first kappa shape index (κ1) is 17.2. The zero-order valence-electron chi connectivity index (χ0n) is 12.2. The van der Waals surface area contributed by atoms with Crippen molar-refractivity contribution in [3.8, 4) is 0 Å². The summed E-state index contributed by atoms with van der Waals surface area (Å²) in [4.78, 5) is 22.1. The standard InChI is InChI=1S/C12H22O7Si/c1-15-20(16-2,17-3)8-4-6-18-7-5-10-9-11(13)19-12(10)14/h10H,4-9H2,1-3H3. The van der Waals surface area contributed by atoms with Gasteiger partial charge in [-0.2, -0.15) is 0 Å². The van der Waals surface area contributed by atoms with Gasteiger partial charge in [-0.1, -0.05) is 0 Å². The van der Waals surface area contributed by atoms with Crippen LogP contribution < -0.4 is 0 Å². The molecule has 0 aromatic carbocycles. The van der Waals surface area contributed by atoms with Gasteiger partial charge < -0.3 is 22.8 Å². The van der Waals surface area contributed by atoms with Crippen molar-refractivity contribution >= 4 is 20.7 Å². The van der Waals surface area contributed by atoms with E-state index in [0.717, 1.165) is 6.42 Å². The normalized spacial score (nSPS) is 19.4. The zero-order chi connectivity index (χ0) is 15.0. The minimum atomic E-state index is -2.52. The number of hydrogen-bond acceptors (Lipinski definition) is 7. The van der Waals surface area contributed by atoms with Gasteiger partial charge in [0.25, 0.3) is 0 Å². The average molecular weight is 306 g/mol. The molecule has 0 spiro atoms. The molecule has 0 radical (unpaired) electrons. The Hall–Kier alpha value is -0.803. The Bertz CT molecular complexity index is 322. The van der Waals surface area contributed by atoms with E-state index < -0.39 is 20.7 Å². The molecule has 0 saturated carbocycles. The van der Waals surface area contributed by atoms with Crippen molar-refractivity contribution in [2.24, 2.45) is 5.92 Å². The molecule has 0 aromatic heterocycles. The van der Waals surface area contributed by atoms with Crippen LogP contribution in [0.3, 0.4) is 0 Å². The van der Waals surface area contributed by atoms with Crippen LogP contribution in [0.1, 0.15) is 19.3 Å². The number of carbonyl (C=O) groups excluding carboxylic acids is 2. The predicted octanol–water partition coefficient (Wildman–Crippen LogP) is 0.751. The quantitative estimate of drug-likeness (QED) is 0.255. The Labute approximate surface area is 119 Å². The summed E-state index contributed by atoms with van der Waals surface area (Å²) in [5, 5.41) is 0. The van der Waals surface area contributed by atoms with E-state index in [2.05, 4.69) is 4.74 Å². The van der Waals surface area contributed by atoms with E-state index in [1.807, 2.05) is 0 Å². The molecule has 1 aliphatic heterocycles. The first-order chi connectivity index (χ1) is 9.56. The molecule has 116 valence electrons. The minimum Gasteiger partial charge on any atom is -0.393 e. The number of esters is 2. The van der Waals surface area contributed by atoms with Gasteiger partial charge in [-0.05, 0) is 12.8 Å². The summed E-state index contributed by atoms with van der Waals surface area (Å²) in [5.41, 5.74) is 0. The fourth-order valence-corrected chi connectivity index (χ4v) is 3.71. The van der Waals surface area contributed by atoms with Crippen LogP contribution in [0.15, 0.2) is 0 Å². The fraction of sp³-hybridized carbons (Fsp3) is 0.833.